The van der Waals surface area contributed by atoms with Gasteiger partial charge in [0.25, 0.3) is 0 Å². The lowest BCUT2D eigenvalue weighted by molar-refractivity contribution is 0.154. The standard InChI is InChI=1S/C21H24N2O/c1-4-7-17-12-15(2)10-11-18(17)13-19(24)14-23-16(3)22-20-8-5-6-9-21(20)23/h4-6,8-12,19,24H,1,7,13-14H2,2-3H3/t19-/m0/s1. The molecule has 3 heteroatoms. The molecule has 0 radical (unpaired) electrons. The topological polar surface area (TPSA) is 38.0 Å². The van der Waals surface area contributed by atoms with E-state index in [2.05, 4.69) is 47.3 Å². The molecule has 0 amide bonds. The Hall–Kier alpha value is -2.39. The third-order valence-electron chi connectivity index (χ3n) is 4.42. The van der Waals surface area contributed by atoms with Gasteiger partial charge in [0.05, 0.1) is 23.7 Å². The fourth-order valence-corrected chi connectivity index (χ4v) is 3.25. The second kappa shape index (κ2) is 7.02. The fourth-order valence-electron chi connectivity index (χ4n) is 3.25. The Morgan fingerprint density at radius 3 is 2.75 bits per heavy atom. The molecule has 124 valence electrons. The summed E-state index contributed by atoms with van der Waals surface area (Å²) in [5.41, 5.74) is 5.72. The van der Waals surface area contributed by atoms with Gasteiger partial charge in [-0.15, -0.1) is 6.58 Å². The van der Waals surface area contributed by atoms with Gasteiger partial charge in [-0.2, -0.15) is 0 Å². The van der Waals surface area contributed by atoms with Crippen LogP contribution in [0.1, 0.15) is 22.5 Å². The van der Waals surface area contributed by atoms with E-state index in [1.165, 1.54) is 16.7 Å². The third-order valence-corrected chi connectivity index (χ3v) is 4.42. The molecule has 1 aromatic heterocycles. The van der Waals surface area contributed by atoms with Crippen molar-refractivity contribution in [1.29, 1.82) is 0 Å². The van der Waals surface area contributed by atoms with E-state index in [1.807, 2.05) is 31.2 Å². The van der Waals surface area contributed by atoms with E-state index in [0.717, 1.165) is 23.3 Å². The minimum absolute atomic E-state index is 0.451. The summed E-state index contributed by atoms with van der Waals surface area (Å²) < 4.78 is 2.10. The number of aromatic nitrogens is 2. The summed E-state index contributed by atoms with van der Waals surface area (Å²) in [5.74, 6) is 0.936. The summed E-state index contributed by atoms with van der Waals surface area (Å²) in [6.07, 6.45) is 2.93. The lowest BCUT2D eigenvalue weighted by Crippen LogP contribution is -2.20. The van der Waals surface area contributed by atoms with Crippen LogP contribution in [-0.4, -0.2) is 20.8 Å². The lowest BCUT2D eigenvalue weighted by atomic mass is 9.97. The van der Waals surface area contributed by atoms with Crippen molar-refractivity contribution >= 4 is 11.0 Å². The summed E-state index contributed by atoms with van der Waals surface area (Å²) >= 11 is 0. The van der Waals surface area contributed by atoms with Crippen LogP contribution in [0.2, 0.25) is 0 Å². The Morgan fingerprint density at radius 1 is 1.17 bits per heavy atom. The molecule has 0 aliphatic heterocycles. The zero-order valence-electron chi connectivity index (χ0n) is 14.4. The minimum atomic E-state index is -0.451. The van der Waals surface area contributed by atoms with Gasteiger partial charge in [0.15, 0.2) is 0 Å². The Bertz CT molecular complexity index is 863. The molecule has 0 saturated carbocycles. The predicted octanol–water partition coefficient (Wildman–Crippen LogP) is 3.99. The number of aliphatic hydroxyl groups excluding tert-OH is 1. The third kappa shape index (κ3) is 3.41. The number of nitrogens with zero attached hydrogens (tertiary/aromatic N) is 2. The lowest BCUT2D eigenvalue weighted by Gasteiger charge is -2.16. The first-order chi connectivity index (χ1) is 11.6. The SMILES string of the molecule is C=CCc1cc(C)ccc1C[C@H](O)Cn1c(C)nc2ccccc21. The molecular formula is C21H24N2O. The van der Waals surface area contributed by atoms with E-state index < -0.39 is 6.10 Å². The van der Waals surface area contributed by atoms with E-state index in [0.29, 0.717) is 13.0 Å². The zero-order chi connectivity index (χ0) is 17.1. The Kier molecular flexibility index (Phi) is 4.81. The number of imidazole rings is 1. The van der Waals surface area contributed by atoms with Gasteiger partial charge in [0, 0.05) is 6.42 Å². The average Bonchev–Trinajstić information content (AvgIpc) is 2.86. The first-order valence-corrected chi connectivity index (χ1v) is 8.37. The largest absolute Gasteiger partial charge is 0.391 e. The molecule has 1 atom stereocenters. The molecule has 3 aromatic rings. The van der Waals surface area contributed by atoms with Crippen molar-refractivity contribution in [2.45, 2.75) is 39.3 Å². The molecule has 1 heterocycles. The van der Waals surface area contributed by atoms with Crippen LogP contribution in [0.5, 0.6) is 0 Å². The number of aryl methyl sites for hydroxylation is 2. The smallest absolute Gasteiger partial charge is 0.106 e. The van der Waals surface area contributed by atoms with Gasteiger partial charge < -0.3 is 9.67 Å². The molecular weight excluding hydrogens is 296 g/mol. The molecule has 1 N–H and O–H groups in total. The Labute approximate surface area is 143 Å². The number of benzene rings is 2. The van der Waals surface area contributed by atoms with Gasteiger partial charge in [-0.1, -0.05) is 42.0 Å². The molecule has 0 fully saturated rings. The van der Waals surface area contributed by atoms with E-state index in [1.54, 1.807) is 0 Å². The van der Waals surface area contributed by atoms with Crippen LogP contribution in [0.25, 0.3) is 11.0 Å². The number of hydrogen-bond donors (Lipinski definition) is 1. The quantitative estimate of drug-likeness (QED) is 0.698. The van der Waals surface area contributed by atoms with Gasteiger partial charge in [-0.05, 0) is 43.5 Å². The van der Waals surface area contributed by atoms with E-state index >= 15 is 0 Å². The highest BCUT2D eigenvalue weighted by Gasteiger charge is 2.13. The van der Waals surface area contributed by atoms with Crippen LogP contribution in [0.15, 0.2) is 55.1 Å². The highest BCUT2D eigenvalue weighted by Crippen LogP contribution is 2.19. The number of hydrogen-bond acceptors (Lipinski definition) is 2. The number of rotatable bonds is 6. The normalized spacial score (nSPS) is 12.5. The molecule has 24 heavy (non-hydrogen) atoms. The van der Waals surface area contributed by atoms with Gasteiger partial charge in [0.1, 0.15) is 5.82 Å². The molecule has 3 rings (SSSR count). The molecule has 2 aromatic carbocycles. The maximum atomic E-state index is 10.6. The summed E-state index contributed by atoms with van der Waals surface area (Å²) in [6, 6.07) is 14.5. The van der Waals surface area contributed by atoms with Crippen molar-refractivity contribution in [3.63, 3.8) is 0 Å². The van der Waals surface area contributed by atoms with Crippen LogP contribution in [0.3, 0.4) is 0 Å². The van der Waals surface area contributed by atoms with Crippen molar-refractivity contribution in [2.24, 2.45) is 0 Å². The van der Waals surface area contributed by atoms with Crippen molar-refractivity contribution in [2.75, 3.05) is 0 Å². The van der Waals surface area contributed by atoms with Crippen LogP contribution in [0.4, 0.5) is 0 Å². The Morgan fingerprint density at radius 2 is 1.96 bits per heavy atom. The molecule has 0 aliphatic rings. The van der Waals surface area contributed by atoms with Crippen molar-refractivity contribution in [3.8, 4) is 0 Å². The minimum Gasteiger partial charge on any atom is -0.391 e. The molecule has 0 aliphatic carbocycles. The first-order valence-electron chi connectivity index (χ1n) is 8.37. The molecule has 0 saturated heterocycles. The molecule has 0 unspecified atom stereocenters. The van der Waals surface area contributed by atoms with E-state index in [-0.39, 0.29) is 0 Å². The molecule has 3 nitrogen and oxygen atoms in total. The van der Waals surface area contributed by atoms with Crippen LogP contribution in [-0.2, 0) is 19.4 Å². The second-order valence-electron chi connectivity index (χ2n) is 6.38. The van der Waals surface area contributed by atoms with Gasteiger partial charge in [-0.3, -0.25) is 0 Å². The average molecular weight is 320 g/mol. The maximum absolute atomic E-state index is 10.6. The highest BCUT2D eigenvalue weighted by atomic mass is 16.3. The summed E-state index contributed by atoms with van der Waals surface area (Å²) in [6.45, 7) is 8.47. The summed E-state index contributed by atoms with van der Waals surface area (Å²) in [5, 5.41) is 10.6. The summed E-state index contributed by atoms with van der Waals surface area (Å²) in [4.78, 5) is 4.57. The van der Waals surface area contributed by atoms with Crippen molar-refractivity contribution < 1.29 is 5.11 Å². The van der Waals surface area contributed by atoms with Crippen LogP contribution >= 0.6 is 0 Å². The molecule has 0 bridgehead atoms. The fraction of sp³-hybridized carbons (Fsp3) is 0.286. The number of fused-ring (bicyclic) bond motifs is 1. The summed E-state index contributed by atoms with van der Waals surface area (Å²) in [7, 11) is 0. The monoisotopic (exact) mass is 320 g/mol. The Balaban J connectivity index is 1.82. The molecule has 0 spiro atoms. The van der Waals surface area contributed by atoms with Crippen molar-refractivity contribution in [1.82, 2.24) is 9.55 Å². The van der Waals surface area contributed by atoms with Gasteiger partial charge >= 0.3 is 0 Å². The van der Waals surface area contributed by atoms with E-state index in [9.17, 15) is 5.11 Å². The number of allylic oxidation sites excluding steroid dienone is 1. The second-order valence-corrected chi connectivity index (χ2v) is 6.38. The van der Waals surface area contributed by atoms with Crippen LogP contribution < -0.4 is 0 Å². The highest BCUT2D eigenvalue weighted by molar-refractivity contribution is 5.75. The first kappa shape index (κ1) is 16.5. The van der Waals surface area contributed by atoms with E-state index in [4.69, 9.17) is 0 Å². The van der Waals surface area contributed by atoms with Gasteiger partial charge in [-0.25, -0.2) is 4.98 Å². The number of para-hydroxylation sites is 2. The van der Waals surface area contributed by atoms with Gasteiger partial charge in [0.2, 0.25) is 0 Å². The van der Waals surface area contributed by atoms with Crippen molar-refractivity contribution in [3.05, 3.63) is 77.6 Å². The zero-order valence-corrected chi connectivity index (χ0v) is 14.4. The number of aliphatic hydroxyl groups is 1. The van der Waals surface area contributed by atoms with Crippen LogP contribution in [0, 0.1) is 13.8 Å². The predicted molar refractivity (Wildman–Crippen MR) is 99.3 cm³/mol. The maximum Gasteiger partial charge on any atom is 0.106 e.